The Morgan fingerprint density at radius 2 is 1.00 bits per heavy atom. The van der Waals surface area contributed by atoms with E-state index in [1.54, 1.807) is 0 Å². The molecule has 0 heterocycles. The monoisotopic (exact) mass is 212 g/mol. The Hall–Kier alpha value is 1.17. The summed E-state index contributed by atoms with van der Waals surface area (Å²) in [4.78, 5) is 0. The summed E-state index contributed by atoms with van der Waals surface area (Å²) in [5.41, 5.74) is 0. The number of hydrogen-bond donors (Lipinski definition) is 1. The standard InChI is InChI=1S/ClHO4.2Fe/c2-1(3,4)5;;/h(H,2,3,4,5);;. The van der Waals surface area contributed by atoms with Crippen molar-refractivity contribution in [2.45, 2.75) is 0 Å². The van der Waals surface area contributed by atoms with Crippen molar-refractivity contribution in [3.8, 4) is 0 Å². The van der Waals surface area contributed by atoms with Gasteiger partial charge in [-0.3, -0.25) is 0 Å². The van der Waals surface area contributed by atoms with Gasteiger partial charge in [0.05, 0.1) is 14.9 Å². The second-order valence-electron chi connectivity index (χ2n) is 0.396. The van der Waals surface area contributed by atoms with Crippen LogP contribution in [0.2, 0.25) is 0 Å². The van der Waals surface area contributed by atoms with Gasteiger partial charge in [-0.05, 0) is 0 Å². The van der Waals surface area contributed by atoms with Crippen LogP contribution in [0.5, 0.6) is 0 Å². The molecular formula is HClFe2O4. The van der Waals surface area contributed by atoms with Crippen molar-refractivity contribution in [2.75, 3.05) is 0 Å². The molecule has 48 valence electrons. The Kier molecular flexibility index (Phi) is 11.9. The van der Waals surface area contributed by atoms with Crippen LogP contribution in [0.1, 0.15) is 0 Å². The fraction of sp³-hybridized carbons (Fsp3) is 0. The first-order valence-electron chi connectivity index (χ1n) is 0.632. The van der Waals surface area contributed by atoms with E-state index in [0.717, 1.165) is 0 Å². The first kappa shape index (κ1) is 15.7. The molecule has 0 spiro atoms. The van der Waals surface area contributed by atoms with Gasteiger partial charge in [0, 0.05) is 34.1 Å². The molecule has 0 amide bonds. The van der Waals surface area contributed by atoms with Crippen LogP contribution in [0, 0.1) is 10.2 Å². The van der Waals surface area contributed by atoms with E-state index >= 15 is 0 Å². The third kappa shape index (κ3) is 140. The minimum Gasteiger partial charge on any atom is -0.183 e. The molecule has 0 saturated carbocycles. The van der Waals surface area contributed by atoms with Crippen LogP contribution in [-0.4, -0.2) is 4.66 Å². The Morgan fingerprint density at radius 3 is 1.00 bits per heavy atom. The topological polar surface area (TPSA) is 89.4 Å². The molecule has 0 unspecified atom stereocenters. The predicted molar refractivity (Wildman–Crippen MR) is 2.22 cm³/mol. The van der Waals surface area contributed by atoms with Gasteiger partial charge in [0.1, 0.15) is 0 Å². The van der Waals surface area contributed by atoms with Crippen LogP contribution in [0.4, 0.5) is 0 Å². The molecule has 0 aromatic rings. The van der Waals surface area contributed by atoms with Crippen molar-refractivity contribution in [2.24, 2.45) is 0 Å². The maximum atomic E-state index is 8.60. The Labute approximate surface area is 63.2 Å². The van der Waals surface area contributed by atoms with Gasteiger partial charge in [0.25, 0.3) is 0 Å². The van der Waals surface area contributed by atoms with Crippen molar-refractivity contribution in [1.29, 1.82) is 0 Å². The number of halogens is 1. The van der Waals surface area contributed by atoms with Gasteiger partial charge in [-0.1, -0.05) is 0 Å². The summed E-state index contributed by atoms with van der Waals surface area (Å²) in [5, 5.41) is 0. The maximum absolute atomic E-state index is 8.60. The molecule has 0 aromatic carbocycles. The summed E-state index contributed by atoms with van der Waals surface area (Å²) in [7, 11) is -4.69. The fourth-order valence-electron chi connectivity index (χ4n) is 0. The summed E-state index contributed by atoms with van der Waals surface area (Å²) >= 11 is 0. The van der Waals surface area contributed by atoms with Crippen LogP contribution < -0.4 is 14.0 Å². The van der Waals surface area contributed by atoms with Gasteiger partial charge in [-0.15, -0.1) is 0 Å². The quantitative estimate of drug-likeness (QED) is 0.413. The third-order valence-electron chi connectivity index (χ3n) is 0. The zero-order valence-electron chi connectivity index (χ0n) is 2.76. The maximum Gasteiger partial charge on any atom is 0.0777 e. The van der Waals surface area contributed by atoms with Crippen LogP contribution in [0.25, 0.3) is 0 Å². The van der Waals surface area contributed by atoms with E-state index in [-0.39, 0.29) is 34.1 Å². The molecule has 0 fully saturated rings. The van der Waals surface area contributed by atoms with Crippen LogP contribution in [0.3, 0.4) is 0 Å². The largest absolute Gasteiger partial charge is 0.183 e. The molecule has 0 aromatic heterocycles. The van der Waals surface area contributed by atoms with Crippen molar-refractivity contribution in [1.82, 2.24) is 0 Å². The molecule has 7 heteroatoms. The minimum absolute atomic E-state index is 0. The van der Waals surface area contributed by atoms with E-state index in [1.807, 2.05) is 0 Å². The molecule has 0 rings (SSSR count). The summed E-state index contributed by atoms with van der Waals surface area (Å²) in [5.74, 6) is 0. The van der Waals surface area contributed by atoms with E-state index < -0.39 is 10.2 Å². The molecule has 0 aliphatic rings. The minimum atomic E-state index is -4.69. The van der Waals surface area contributed by atoms with Gasteiger partial charge in [-0.25, -0.2) is 0 Å². The Bertz CT molecular complexity index is 25.2. The molecule has 0 aliphatic heterocycles. The van der Waals surface area contributed by atoms with Crippen molar-refractivity contribution in [3.63, 3.8) is 0 Å². The average molecular weight is 212 g/mol. The molecule has 0 saturated heterocycles. The average Bonchev–Trinajstić information content (AvgIpc) is 0.722. The molecule has 1 N–H and O–H groups in total. The van der Waals surface area contributed by atoms with Crippen molar-refractivity contribution < 1.29 is 63.0 Å². The zero-order chi connectivity index (χ0) is 4.50. The van der Waals surface area contributed by atoms with Crippen LogP contribution in [0.15, 0.2) is 0 Å². The van der Waals surface area contributed by atoms with Crippen LogP contribution >= 0.6 is 0 Å². The molecule has 7 heavy (non-hydrogen) atoms. The Morgan fingerprint density at radius 1 is 1.00 bits per heavy atom. The van der Waals surface area contributed by atoms with E-state index in [2.05, 4.69) is 0 Å². The second-order valence-corrected chi connectivity index (χ2v) is 1.19. The fourth-order valence-corrected chi connectivity index (χ4v) is 0. The smallest absolute Gasteiger partial charge is 0.0777 e. The van der Waals surface area contributed by atoms with Gasteiger partial charge in [0.15, 0.2) is 0 Å². The molecule has 0 bridgehead atoms. The molecule has 0 radical (unpaired) electrons. The van der Waals surface area contributed by atoms with E-state index in [1.165, 1.54) is 0 Å². The third-order valence-corrected chi connectivity index (χ3v) is 0. The molecule has 0 aliphatic carbocycles. The first-order valence-corrected chi connectivity index (χ1v) is 1.90. The molecule has 4 nitrogen and oxygen atoms in total. The molecular weight excluding hydrogens is 211 g/mol. The first-order chi connectivity index (χ1) is 2.00. The van der Waals surface area contributed by atoms with Gasteiger partial charge in [0.2, 0.25) is 0 Å². The normalized spacial score (nSPS) is 8.57. The number of rotatable bonds is 0. The summed E-state index contributed by atoms with van der Waals surface area (Å²) in [6.45, 7) is 0. The van der Waals surface area contributed by atoms with Gasteiger partial charge < -0.3 is 0 Å². The van der Waals surface area contributed by atoms with Crippen molar-refractivity contribution >= 4 is 0 Å². The summed E-state index contributed by atoms with van der Waals surface area (Å²) in [6.07, 6.45) is 0. The van der Waals surface area contributed by atoms with Crippen LogP contribution in [-0.2, 0) is 34.1 Å². The van der Waals surface area contributed by atoms with E-state index in [9.17, 15) is 0 Å². The van der Waals surface area contributed by atoms with E-state index in [0.29, 0.717) is 0 Å². The zero-order valence-corrected chi connectivity index (χ0v) is 5.72. The predicted octanol–water partition coefficient (Wildman–Crippen LogP) is -4.13. The Balaban J connectivity index is -0.0000000800. The summed E-state index contributed by atoms with van der Waals surface area (Å²) < 4.78 is 32.7. The van der Waals surface area contributed by atoms with E-state index in [4.69, 9.17) is 18.6 Å². The second kappa shape index (κ2) is 5.31. The SMILES string of the molecule is [Fe].[Fe].[O-][Cl+3]([O-])([O-])O. The summed E-state index contributed by atoms with van der Waals surface area (Å²) in [6, 6.07) is 0. The number of hydrogen-bond acceptors (Lipinski definition) is 4. The molecule has 0 atom stereocenters. The van der Waals surface area contributed by atoms with Crippen molar-refractivity contribution in [3.05, 3.63) is 0 Å². The van der Waals surface area contributed by atoms with Gasteiger partial charge >= 0.3 is 0 Å². The van der Waals surface area contributed by atoms with Gasteiger partial charge in [-0.2, -0.15) is 14.0 Å².